The Morgan fingerprint density at radius 1 is 1.21 bits per heavy atom. The molecule has 1 aromatic carbocycles. The second-order valence-electron chi connectivity index (χ2n) is 5.39. The molecule has 0 aliphatic carbocycles. The van der Waals surface area contributed by atoms with Gasteiger partial charge in [0.2, 0.25) is 5.84 Å². The molecule has 0 amide bonds. The van der Waals surface area contributed by atoms with Crippen molar-refractivity contribution < 1.29 is 5.21 Å². The van der Waals surface area contributed by atoms with Crippen LogP contribution in [0.5, 0.6) is 0 Å². The van der Waals surface area contributed by atoms with Gasteiger partial charge in [0.1, 0.15) is 0 Å². The molecule has 0 bridgehead atoms. The highest BCUT2D eigenvalue weighted by Crippen LogP contribution is 2.22. The predicted octanol–water partition coefficient (Wildman–Crippen LogP) is 1.96. The van der Waals surface area contributed by atoms with E-state index in [1.165, 1.54) is 10.2 Å². The van der Waals surface area contributed by atoms with Crippen LogP contribution >= 0.6 is 0 Å². The van der Waals surface area contributed by atoms with Crippen molar-refractivity contribution in [3.63, 3.8) is 0 Å². The van der Waals surface area contributed by atoms with Crippen LogP contribution in [0.2, 0.25) is 0 Å². The van der Waals surface area contributed by atoms with E-state index >= 15 is 0 Å². The second kappa shape index (κ2) is 4.79. The van der Waals surface area contributed by atoms with Crippen molar-refractivity contribution in [2.24, 2.45) is 5.16 Å². The van der Waals surface area contributed by atoms with E-state index in [2.05, 4.69) is 41.5 Å². The Labute approximate surface area is 111 Å². The van der Waals surface area contributed by atoms with Gasteiger partial charge in [0, 0.05) is 5.56 Å². The van der Waals surface area contributed by atoms with Crippen molar-refractivity contribution in [3.05, 3.63) is 41.2 Å². The molecule has 6 heteroatoms. The number of aromatic nitrogens is 4. The topological polar surface area (TPSA) is 76.2 Å². The van der Waals surface area contributed by atoms with Gasteiger partial charge in [-0.05, 0) is 28.3 Å². The molecule has 100 valence electrons. The van der Waals surface area contributed by atoms with Crippen molar-refractivity contribution in [2.45, 2.75) is 33.1 Å². The first-order valence-corrected chi connectivity index (χ1v) is 6.02. The molecule has 0 fully saturated rings. The molecule has 1 heterocycles. The van der Waals surface area contributed by atoms with E-state index in [0.29, 0.717) is 11.7 Å². The second-order valence-corrected chi connectivity index (χ2v) is 5.39. The lowest BCUT2D eigenvalue weighted by Gasteiger charge is -2.19. The highest BCUT2D eigenvalue weighted by molar-refractivity contribution is 5.99. The summed E-state index contributed by atoms with van der Waals surface area (Å²) in [7, 11) is 0. The minimum absolute atomic E-state index is 0.0831. The third kappa shape index (κ3) is 2.62. The first-order chi connectivity index (χ1) is 8.93. The summed E-state index contributed by atoms with van der Waals surface area (Å²) in [5, 5.41) is 23.6. The number of benzene rings is 1. The lowest BCUT2D eigenvalue weighted by atomic mass is 9.86. The Bertz CT molecular complexity index is 592. The third-order valence-corrected chi connectivity index (χ3v) is 2.93. The maximum Gasteiger partial charge on any atom is 0.203 e. The fraction of sp³-hybridized carbons (Fsp3) is 0.385. The third-order valence-electron chi connectivity index (χ3n) is 2.93. The Morgan fingerprint density at radius 3 is 2.26 bits per heavy atom. The van der Waals surface area contributed by atoms with Crippen LogP contribution < -0.4 is 0 Å². The van der Waals surface area contributed by atoms with E-state index in [0.717, 1.165) is 5.56 Å². The largest absolute Gasteiger partial charge is 0.409 e. The summed E-state index contributed by atoms with van der Waals surface area (Å²) in [4.78, 5) is 0. The summed E-state index contributed by atoms with van der Waals surface area (Å²) < 4.78 is 1.39. The van der Waals surface area contributed by atoms with Gasteiger partial charge >= 0.3 is 0 Å². The number of aryl methyl sites for hydroxylation is 1. The summed E-state index contributed by atoms with van der Waals surface area (Å²) in [5.74, 6) is 0.871. The van der Waals surface area contributed by atoms with Gasteiger partial charge in [0.25, 0.3) is 0 Å². The number of nitrogens with zero attached hydrogens (tertiary/aromatic N) is 5. The van der Waals surface area contributed by atoms with Gasteiger partial charge in [-0.25, -0.2) is 0 Å². The van der Waals surface area contributed by atoms with Crippen LogP contribution in [-0.4, -0.2) is 31.3 Å². The number of tetrazole rings is 1. The average Bonchev–Trinajstić information content (AvgIpc) is 2.76. The molecule has 0 spiro atoms. The molecule has 1 aromatic heterocycles. The van der Waals surface area contributed by atoms with Gasteiger partial charge in [-0.15, -0.1) is 5.10 Å². The van der Waals surface area contributed by atoms with Gasteiger partial charge < -0.3 is 5.21 Å². The summed E-state index contributed by atoms with van der Waals surface area (Å²) in [6.45, 7) is 8.19. The van der Waals surface area contributed by atoms with Crippen molar-refractivity contribution >= 4 is 5.84 Å². The van der Waals surface area contributed by atoms with Crippen molar-refractivity contribution in [1.82, 2.24) is 20.2 Å². The Kier molecular flexibility index (Phi) is 3.33. The van der Waals surface area contributed by atoms with Gasteiger partial charge in [-0.3, -0.25) is 0 Å². The standard InChI is InChI=1S/C13H17N5O/c1-9-14-16-17-18(9)12(15-19)10-5-7-11(8-6-10)13(2,3)4/h5-8,19H,1-4H3. The molecule has 19 heavy (non-hydrogen) atoms. The number of hydrogen-bond donors (Lipinski definition) is 1. The molecule has 0 aliphatic rings. The molecule has 1 N–H and O–H groups in total. The van der Waals surface area contributed by atoms with E-state index in [1.54, 1.807) is 6.92 Å². The Balaban J connectivity index is 2.39. The molecule has 0 saturated heterocycles. The zero-order valence-electron chi connectivity index (χ0n) is 11.5. The average molecular weight is 259 g/mol. The molecule has 0 unspecified atom stereocenters. The lowest BCUT2D eigenvalue weighted by Crippen LogP contribution is -2.18. The number of rotatable bonds is 1. The highest BCUT2D eigenvalue weighted by atomic mass is 16.4. The van der Waals surface area contributed by atoms with Crippen molar-refractivity contribution in [1.29, 1.82) is 0 Å². The molecule has 0 aliphatic heterocycles. The van der Waals surface area contributed by atoms with Crippen LogP contribution in [0.1, 0.15) is 37.7 Å². The van der Waals surface area contributed by atoms with Gasteiger partial charge in [0.05, 0.1) is 0 Å². The van der Waals surface area contributed by atoms with Gasteiger partial charge in [0.15, 0.2) is 5.82 Å². The number of hydrogen-bond acceptors (Lipinski definition) is 5. The van der Waals surface area contributed by atoms with Crippen LogP contribution in [-0.2, 0) is 5.41 Å². The zero-order valence-corrected chi connectivity index (χ0v) is 11.5. The van der Waals surface area contributed by atoms with Gasteiger partial charge in [-0.2, -0.15) is 4.68 Å². The minimum atomic E-state index is 0.0831. The normalized spacial score (nSPS) is 12.7. The van der Waals surface area contributed by atoms with Crippen LogP contribution in [0.4, 0.5) is 0 Å². The molecule has 0 atom stereocenters. The van der Waals surface area contributed by atoms with E-state index < -0.39 is 0 Å². The van der Waals surface area contributed by atoms with Crippen molar-refractivity contribution in [2.75, 3.05) is 0 Å². The zero-order chi connectivity index (χ0) is 14.0. The molecular weight excluding hydrogens is 242 g/mol. The maximum atomic E-state index is 9.18. The molecule has 0 radical (unpaired) electrons. The van der Waals surface area contributed by atoms with E-state index in [9.17, 15) is 5.21 Å². The highest BCUT2D eigenvalue weighted by Gasteiger charge is 2.16. The van der Waals surface area contributed by atoms with Crippen LogP contribution in [0, 0.1) is 6.92 Å². The number of oxime groups is 1. The van der Waals surface area contributed by atoms with E-state index in [4.69, 9.17) is 0 Å². The van der Waals surface area contributed by atoms with E-state index in [1.807, 2.05) is 24.3 Å². The molecule has 6 nitrogen and oxygen atoms in total. The quantitative estimate of drug-likeness (QED) is 0.367. The Morgan fingerprint density at radius 2 is 1.84 bits per heavy atom. The van der Waals surface area contributed by atoms with Crippen LogP contribution in [0.3, 0.4) is 0 Å². The summed E-state index contributed by atoms with van der Waals surface area (Å²) in [6.07, 6.45) is 0. The molecular formula is C13H17N5O. The fourth-order valence-electron chi connectivity index (χ4n) is 1.77. The molecule has 0 saturated carbocycles. The summed E-state index contributed by atoms with van der Waals surface area (Å²) in [6, 6.07) is 7.83. The SMILES string of the molecule is Cc1nnnn1C(=NO)c1ccc(C(C)(C)C)cc1. The maximum absolute atomic E-state index is 9.18. The first-order valence-electron chi connectivity index (χ1n) is 6.02. The fourth-order valence-corrected chi connectivity index (χ4v) is 1.77. The minimum Gasteiger partial charge on any atom is -0.409 e. The van der Waals surface area contributed by atoms with Crippen molar-refractivity contribution in [3.8, 4) is 0 Å². The molecule has 2 aromatic rings. The van der Waals surface area contributed by atoms with Gasteiger partial charge in [-0.1, -0.05) is 50.2 Å². The molecule has 2 rings (SSSR count). The Hall–Kier alpha value is -2.24. The lowest BCUT2D eigenvalue weighted by molar-refractivity contribution is 0.316. The first kappa shape index (κ1) is 13.2. The van der Waals surface area contributed by atoms with Crippen LogP contribution in [0.25, 0.3) is 0 Å². The summed E-state index contributed by atoms with van der Waals surface area (Å²) >= 11 is 0. The predicted molar refractivity (Wildman–Crippen MR) is 71.4 cm³/mol. The van der Waals surface area contributed by atoms with Crippen LogP contribution in [0.15, 0.2) is 29.4 Å². The van der Waals surface area contributed by atoms with E-state index in [-0.39, 0.29) is 5.41 Å². The summed E-state index contributed by atoms with van der Waals surface area (Å²) in [5.41, 5.74) is 2.05. The smallest absolute Gasteiger partial charge is 0.203 e. The monoisotopic (exact) mass is 259 g/mol.